The normalized spacial score (nSPS) is 22.3. The van der Waals surface area contributed by atoms with E-state index in [2.05, 4.69) is 5.32 Å². The van der Waals surface area contributed by atoms with Gasteiger partial charge in [-0.1, -0.05) is 12.5 Å². The van der Waals surface area contributed by atoms with Crippen LogP contribution in [0, 0.1) is 5.82 Å². The molecule has 82 valence electrons. The van der Waals surface area contributed by atoms with Crippen LogP contribution in [0.5, 0.6) is 0 Å². The van der Waals surface area contributed by atoms with Crippen molar-refractivity contribution in [3.05, 3.63) is 30.1 Å². The smallest absolute Gasteiger partial charge is 0.124 e. The lowest BCUT2D eigenvalue weighted by Gasteiger charge is -2.13. The summed E-state index contributed by atoms with van der Waals surface area (Å²) in [6.45, 7) is 2.17. The van der Waals surface area contributed by atoms with Gasteiger partial charge in [0.05, 0.1) is 0 Å². The number of nitrogens with one attached hydrogen (secondary N) is 1. The summed E-state index contributed by atoms with van der Waals surface area (Å²) in [5, 5.41) is 4.01. The first kappa shape index (κ1) is 11.0. The minimum atomic E-state index is -0.137. The Kier molecular flexibility index (Phi) is 4.03. The molecule has 1 N–H and O–H groups in total. The zero-order chi connectivity index (χ0) is 10.5. The predicted octanol–water partition coefficient (Wildman–Crippen LogP) is 3.06. The van der Waals surface area contributed by atoms with Gasteiger partial charge < -0.3 is 5.32 Å². The maximum absolute atomic E-state index is 13.0. The second-order valence-corrected chi connectivity index (χ2v) is 5.27. The molecule has 0 aliphatic carbocycles. The van der Waals surface area contributed by atoms with E-state index in [4.69, 9.17) is 0 Å². The van der Waals surface area contributed by atoms with Gasteiger partial charge in [-0.05, 0) is 37.6 Å². The molecule has 1 saturated heterocycles. The lowest BCUT2D eigenvalue weighted by atomic mass is 10.2. The molecule has 0 bridgehead atoms. The summed E-state index contributed by atoms with van der Waals surface area (Å²) in [5.41, 5.74) is 0. The number of hydrogen-bond donors (Lipinski definition) is 1. The number of hydrogen-bond acceptors (Lipinski definition) is 2. The van der Waals surface area contributed by atoms with Gasteiger partial charge in [0.15, 0.2) is 0 Å². The molecule has 1 nitrogen and oxygen atoms in total. The Labute approximate surface area is 94.5 Å². The fraction of sp³-hybridized carbons (Fsp3) is 0.500. The van der Waals surface area contributed by atoms with Crippen molar-refractivity contribution in [3.8, 4) is 0 Å². The van der Waals surface area contributed by atoms with E-state index < -0.39 is 0 Å². The molecule has 1 aliphatic heterocycles. The zero-order valence-electron chi connectivity index (χ0n) is 8.71. The van der Waals surface area contributed by atoms with Gasteiger partial charge in [-0.25, -0.2) is 4.39 Å². The van der Waals surface area contributed by atoms with Crippen LogP contribution >= 0.6 is 11.8 Å². The average Bonchev–Trinajstić information content (AvgIpc) is 2.46. The lowest BCUT2D eigenvalue weighted by Crippen LogP contribution is -2.22. The fourth-order valence-corrected chi connectivity index (χ4v) is 3.03. The Balaban J connectivity index is 1.95. The summed E-state index contributed by atoms with van der Waals surface area (Å²) in [4.78, 5) is 1.05. The van der Waals surface area contributed by atoms with Crippen molar-refractivity contribution >= 4 is 11.8 Å². The molecule has 3 heteroatoms. The molecule has 1 aliphatic rings. The van der Waals surface area contributed by atoms with E-state index in [0.717, 1.165) is 18.0 Å². The summed E-state index contributed by atoms with van der Waals surface area (Å²) in [6.07, 6.45) is 3.77. The van der Waals surface area contributed by atoms with Crippen LogP contribution in [0.4, 0.5) is 4.39 Å². The van der Waals surface area contributed by atoms with E-state index >= 15 is 0 Å². The molecule has 0 radical (unpaired) electrons. The van der Waals surface area contributed by atoms with Gasteiger partial charge in [0.1, 0.15) is 5.82 Å². The van der Waals surface area contributed by atoms with Crippen LogP contribution in [-0.2, 0) is 0 Å². The summed E-state index contributed by atoms with van der Waals surface area (Å²) < 4.78 is 13.0. The molecule has 1 aromatic carbocycles. The van der Waals surface area contributed by atoms with Crippen molar-refractivity contribution in [1.29, 1.82) is 0 Å². The molecular formula is C12H16FNS. The quantitative estimate of drug-likeness (QED) is 0.830. The first-order chi connectivity index (χ1) is 7.34. The minimum Gasteiger partial charge on any atom is -0.316 e. The molecule has 15 heavy (non-hydrogen) atoms. The lowest BCUT2D eigenvalue weighted by molar-refractivity contribution is 0.624. The standard InChI is InChI=1S/C12H16FNS/c13-10-4-3-6-11(8-10)15-12-5-1-2-7-14-9-12/h3-4,6,8,12,14H,1-2,5,7,9H2. The first-order valence-electron chi connectivity index (χ1n) is 5.47. The highest BCUT2D eigenvalue weighted by atomic mass is 32.2. The molecule has 1 unspecified atom stereocenters. The maximum Gasteiger partial charge on any atom is 0.124 e. The summed E-state index contributed by atoms with van der Waals surface area (Å²) in [7, 11) is 0. The van der Waals surface area contributed by atoms with E-state index in [1.54, 1.807) is 23.9 Å². The van der Waals surface area contributed by atoms with Crippen molar-refractivity contribution in [2.45, 2.75) is 29.4 Å². The topological polar surface area (TPSA) is 12.0 Å². The van der Waals surface area contributed by atoms with E-state index in [9.17, 15) is 4.39 Å². The summed E-state index contributed by atoms with van der Waals surface area (Å²) in [6, 6.07) is 6.88. The Morgan fingerprint density at radius 3 is 3.13 bits per heavy atom. The van der Waals surface area contributed by atoms with Crippen LogP contribution in [0.2, 0.25) is 0 Å². The van der Waals surface area contributed by atoms with Gasteiger partial charge in [0.25, 0.3) is 0 Å². The third-order valence-corrected chi connectivity index (χ3v) is 3.86. The fourth-order valence-electron chi connectivity index (χ4n) is 1.82. The van der Waals surface area contributed by atoms with Crippen LogP contribution in [0.1, 0.15) is 19.3 Å². The van der Waals surface area contributed by atoms with Crippen molar-refractivity contribution in [1.82, 2.24) is 5.32 Å². The van der Waals surface area contributed by atoms with Crippen molar-refractivity contribution < 1.29 is 4.39 Å². The number of halogens is 1. The number of thioether (sulfide) groups is 1. The van der Waals surface area contributed by atoms with Crippen LogP contribution < -0.4 is 5.32 Å². The molecule has 0 spiro atoms. The first-order valence-corrected chi connectivity index (χ1v) is 6.35. The molecule has 2 rings (SSSR count). The summed E-state index contributed by atoms with van der Waals surface area (Å²) >= 11 is 1.79. The number of rotatable bonds is 2. The van der Waals surface area contributed by atoms with Crippen LogP contribution in [-0.4, -0.2) is 18.3 Å². The predicted molar refractivity (Wildman–Crippen MR) is 62.8 cm³/mol. The largest absolute Gasteiger partial charge is 0.316 e. The maximum atomic E-state index is 13.0. The SMILES string of the molecule is Fc1cccc(SC2CCCCNC2)c1. The Bertz CT molecular complexity index is 308. The monoisotopic (exact) mass is 225 g/mol. The molecule has 0 aromatic heterocycles. The van der Waals surface area contributed by atoms with Crippen LogP contribution in [0.25, 0.3) is 0 Å². The van der Waals surface area contributed by atoms with Gasteiger partial charge in [-0.15, -0.1) is 11.8 Å². The highest BCUT2D eigenvalue weighted by Gasteiger charge is 2.12. The molecule has 0 amide bonds. The zero-order valence-corrected chi connectivity index (χ0v) is 9.52. The van der Waals surface area contributed by atoms with Crippen LogP contribution in [0.3, 0.4) is 0 Å². The van der Waals surface area contributed by atoms with Crippen molar-refractivity contribution in [3.63, 3.8) is 0 Å². The third kappa shape index (κ3) is 3.50. The molecular weight excluding hydrogens is 209 g/mol. The van der Waals surface area contributed by atoms with Gasteiger partial charge in [0.2, 0.25) is 0 Å². The number of benzene rings is 1. The van der Waals surface area contributed by atoms with E-state index in [1.807, 2.05) is 6.07 Å². The minimum absolute atomic E-state index is 0.137. The van der Waals surface area contributed by atoms with Crippen LogP contribution in [0.15, 0.2) is 29.2 Å². The van der Waals surface area contributed by atoms with Gasteiger partial charge in [-0.2, -0.15) is 0 Å². The average molecular weight is 225 g/mol. The Hall–Kier alpha value is -0.540. The van der Waals surface area contributed by atoms with E-state index in [1.165, 1.54) is 25.3 Å². The van der Waals surface area contributed by atoms with Gasteiger partial charge >= 0.3 is 0 Å². The Morgan fingerprint density at radius 1 is 1.33 bits per heavy atom. The second kappa shape index (κ2) is 5.52. The van der Waals surface area contributed by atoms with Gasteiger partial charge in [0, 0.05) is 16.7 Å². The van der Waals surface area contributed by atoms with Crippen molar-refractivity contribution in [2.75, 3.05) is 13.1 Å². The van der Waals surface area contributed by atoms with Gasteiger partial charge in [-0.3, -0.25) is 0 Å². The molecule has 1 fully saturated rings. The summed E-state index contributed by atoms with van der Waals surface area (Å²) in [5.74, 6) is -0.137. The third-order valence-electron chi connectivity index (χ3n) is 2.60. The van der Waals surface area contributed by atoms with E-state index in [0.29, 0.717) is 5.25 Å². The molecule has 1 aromatic rings. The Morgan fingerprint density at radius 2 is 2.27 bits per heavy atom. The molecule has 0 saturated carbocycles. The highest BCUT2D eigenvalue weighted by molar-refractivity contribution is 8.00. The van der Waals surface area contributed by atoms with Crippen molar-refractivity contribution in [2.24, 2.45) is 0 Å². The second-order valence-electron chi connectivity index (χ2n) is 3.90. The van der Waals surface area contributed by atoms with E-state index in [-0.39, 0.29) is 5.82 Å². The highest BCUT2D eigenvalue weighted by Crippen LogP contribution is 2.27. The molecule has 1 atom stereocenters. The molecule has 1 heterocycles.